The summed E-state index contributed by atoms with van der Waals surface area (Å²) < 4.78 is 6.22. The number of rotatable bonds is 6. The molecule has 0 fully saturated rings. The van der Waals surface area contributed by atoms with E-state index in [1.807, 2.05) is 0 Å². The van der Waals surface area contributed by atoms with Gasteiger partial charge in [0.25, 0.3) is 0 Å². The second-order valence-corrected chi connectivity index (χ2v) is 5.10. The zero-order valence-corrected chi connectivity index (χ0v) is 12.3. The normalized spacial score (nSPS) is 13.1. The molecule has 1 atom stereocenters. The fourth-order valence-electron chi connectivity index (χ4n) is 1.84. The lowest BCUT2D eigenvalue weighted by atomic mass is 10.0. The molecule has 0 amide bonds. The van der Waals surface area contributed by atoms with Crippen molar-refractivity contribution in [3.8, 4) is 0 Å². The van der Waals surface area contributed by atoms with Crippen LogP contribution in [0, 0.1) is 6.92 Å². The second kappa shape index (κ2) is 7.11. The van der Waals surface area contributed by atoms with E-state index in [4.69, 9.17) is 10.5 Å². The average Bonchev–Trinajstić information content (AvgIpc) is 2.30. The van der Waals surface area contributed by atoms with Crippen molar-refractivity contribution in [1.82, 2.24) is 4.90 Å². The number of benzene rings is 1. The molecule has 0 aromatic heterocycles. The molecule has 1 aromatic carbocycles. The summed E-state index contributed by atoms with van der Waals surface area (Å²) in [5.41, 5.74) is 8.36. The number of hydrogen-bond donors (Lipinski definition) is 1. The van der Waals surface area contributed by atoms with Gasteiger partial charge in [-0.3, -0.25) is 4.90 Å². The molecular weight excluding hydrogens is 280 g/mol. The van der Waals surface area contributed by atoms with Gasteiger partial charge in [-0.2, -0.15) is 0 Å². The molecule has 0 heterocycles. The number of aryl methyl sites for hydroxylation is 1. The van der Waals surface area contributed by atoms with Gasteiger partial charge in [-0.1, -0.05) is 28.1 Å². The SMILES string of the molecule is COCCN(C)C(CN)c1ccc(C)cc1Br. The van der Waals surface area contributed by atoms with Crippen LogP contribution in [0.3, 0.4) is 0 Å². The highest BCUT2D eigenvalue weighted by Gasteiger charge is 2.17. The van der Waals surface area contributed by atoms with Crippen LogP contribution in [0.15, 0.2) is 22.7 Å². The maximum absolute atomic E-state index is 5.88. The number of nitrogens with two attached hydrogens (primary N) is 1. The van der Waals surface area contributed by atoms with Crippen LogP contribution in [-0.4, -0.2) is 38.8 Å². The molecule has 0 saturated carbocycles. The van der Waals surface area contributed by atoms with Gasteiger partial charge >= 0.3 is 0 Å². The molecule has 0 aliphatic rings. The summed E-state index contributed by atoms with van der Waals surface area (Å²) in [6.45, 7) is 4.28. The highest BCUT2D eigenvalue weighted by Crippen LogP contribution is 2.27. The van der Waals surface area contributed by atoms with Gasteiger partial charge in [0, 0.05) is 30.7 Å². The lowest BCUT2D eigenvalue weighted by Gasteiger charge is -2.28. The molecule has 0 saturated heterocycles. The van der Waals surface area contributed by atoms with Crippen LogP contribution in [0.5, 0.6) is 0 Å². The summed E-state index contributed by atoms with van der Waals surface area (Å²) in [4.78, 5) is 2.22. The first-order valence-electron chi connectivity index (χ1n) is 5.75. The van der Waals surface area contributed by atoms with Gasteiger partial charge in [0.15, 0.2) is 0 Å². The molecule has 0 aliphatic carbocycles. The highest BCUT2D eigenvalue weighted by atomic mass is 79.9. The summed E-state index contributed by atoms with van der Waals surface area (Å²) in [6.07, 6.45) is 0. The first kappa shape index (κ1) is 14.6. The van der Waals surface area contributed by atoms with Crippen molar-refractivity contribution in [2.24, 2.45) is 5.73 Å². The maximum Gasteiger partial charge on any atom is 0.0589 e. The minimum atomic E-state index is 0.222. The van der Waals surface area contributed by atoms with Crippen molar-refractivity contribution >= 4 is 15.9 Å². The predicted octanol–water partition coefficient (Wildman–Crippen LogP) is 2.34. The topological polar surface area (TPSA) is 38.5 Å². The zero-order chi connectivity index (χ0) is 12.8. The molecule has 17 heavy (non-hydrogen) atoms. The smallest absolute Gasteiger partial charge is 0.0589 e. The van der Waals surface area contributed by atoms with E-state index in [2.05, 4.69) is 53.0 Å². The average molecular weight is 301 g/mol. The maximum atomic E-state index is 5.88. The Morgan fingerprint density at radius 3 is 2.71 bits per heavy atom. The molecule has 1 unspecified atom stereocenters. The molecule has 4 heteroatoms. The van der Waals surface area contributed by atoms with Crippen molar-refractivity contribution < 1.29 is 4.74 Å². The number of nitrogens with zero attached hydrogens (tertiary/aromatic N) is 1. The van der Waals surface area contributed by atoms with Crippen LogP contribution in [0.4, 0.5) is 0 Å². The van der Waals surface area contributed by atoms with Gasteiger partial charge in [0.2, 0.25) is 0 Å². The minimum absolute atomic E-state index is 0.222. The van der Waals surface area contributed by atoms with Crippen LogP contribution >= 0.6 is 15.9 Å². The fourth-order valence-corrected chi connectivity index (χ4v) is 2.60. The standard InChI is InChI=1S/C13H21BrN2O/c1-10-4-5-11(12(14)8-10)13(9-15)16(2)6-7-17-3/h4-5,8,13H,6-7,9,15H2,1-3H3. The fraction of sp³-hybridized carbons (Fsp3) is 0.538. The lowest BCUT2D eigenvalue weighted by molar-refractivity contribution is 0.140. The van der Waals surface area contributed by atoms with Gasteiger partial charge < -0.3 is 10.5 Å². The molecule has 0 aliphatic heterocycles. The predicted molar refractivity (Wildman–Crippen MR) is 75.2 cm³/mol. The van der Waals surface area contributed by atoms with E-state index in [1.54, 1.807) is 7.11 Å². The number of methoxy groups -OCH3 is 1. The van der Waals surface area contributed by atoms with Crippen molar-refractivity contribution in [3.05, 3.63) is 33.8 Å². The molecular formula is C13H21BrN2O. The molecule has 1 aromatic rings. The Labute approximate surface area is 112 Å². The molecule has 0 spiro atoms. The van der Waals surface area contributed by atoms with Gasteiger partial charge in [-0.05, 0) is 31.2 Å². The monoisotopic (exact) mass is 300 g/mol. The quantitative estimate of drug-likeness (QED) is 0.876. The van der Waals surface area contributed by atoms with E-state index in [9.17, 15) is 0 Å². The Hall–Kier alpha value is -0.420. The van der Waals surface area contributed by atoms with Crippen molar-refractivity contribution in [3.63, 3.8) is 0 Å². The molecule has 1 rings (SSSR count). The van der Waals surface area contributed by atoms with Gasteiger partial charge in [-0.15, -0.1) is 0 Å². The van der Waals surface area contributed by atoms with Crippen LogP contribution < -0.4 is 5.73 Å². The van der Waals surface area contributed by atoms with Gasteiger partial charge in [0.05, 0.1) is 6.61 Å². The minimum Gasteiger partial charge on any atom is -0.383 e. The lowest BCUT2D eigenvalue weighted by Crippen LogP contribution is -2.33. The second-order valence-electron chi connectivity index (χ2n) is 4.25. The Kier molecular flexibility index (Phi) is 6.12. The van der Waals surface area contributed by atoms with Crippen LogP contribution in [0.25, 0.3) is 0 Å². The molecule has 2 N–H and O–H groups in total. The Balaban J connectivity index is 2.85. The van der Waals surface area contributed by atoms with Crippen molar-refractivity contribution in [1.29, 1.82) is 0 Å². The van der Waals surface area contributed by atoms with Gasteiger partial charge in [-0.25, -0.2) is 0 Å². The molecule has 0 bridgehead atoms. The summed E-state index contributed by atoms with van der Waals surface area (Å²) in [5.74, 6) is 0. The number of hydrogen-bond acceptors (Lipinski definition) is 3. The van der Waals surface area contributed by atoms with E-state index in [-0.39, 0.29) is 6.04 Å². The Morgan fingerprint density at radius 2 is 2.18 bits per heavy atom. The Bertz CT molecular complexity index is 357. The van der Waals surface area contributed by atoms with Crippen LogP contribution in [-0.2, 0) is 4.74 Å². The summed E-state index contributed by atoms with van der Waals surface area (Å²) in [7, 11) is 3.79. The van der Waals surface area contributed by atoms with E-state index >= 15 is 0 Å². The van der Waals surface area contributed by atoms with E-state index in [0.29, 0.717) is 6.54 Å². The summed E-state index contributed by atoms with van der Waals surface area (Å²) in [5, 5.41) is 0. The Morgan fingerprint density at radius 1 is 1.47 bits per heavy atom. The molecule has 0 radical (unpaired) electrons. The van der Waals surface area contributed by atoms with Crippen LogP contribution in [0.1, 0.15) is 17.2 Å². The first-order chi connectivity index (χ1) is 8.10. The third-order valence-electron chi connectivity index (χ3n) is 2.92. The van der Waals surface area contributed by atoms with Gasteiger partial charge in [0.1, 0.15) is 0 Å². The number of likely N-dealkylation sites (N-methyl/N-ethyl adjacent to an activating group) is 1. The first-order valence-corrected chi connectivity index (χ1v) is 6.54. The number of ether oxygens (including phenoxy) is 1. The van der Waals surface area contributed by atoms with E-state index < -0.39 is 0 Å². The zero-order valence-electron chi connectivity index (χ0n) is 10.7. The van der Waals surface area contributed by atoms with Crippen molar-refractivity contribution in [2.75, 3.05) is 33.9 Å². The molecule has 96 valence electrons. The molecule has 3 nitrogen and oxygen atoms in total. The third-order valence-corrected chi connectivity index (χ3v) is 3.61. The highest BCUT2D eigenvalue weighted by molar-refractivity contribution is 9.10. The van der Waals surface area contributed by atoms with E-state index in [1.165, 1.54) is 11.1 Å². The summed E-state index contributed by atoms with van der Waals surface area (Å²) in [6, 6.07) is 6.61. The third kappa shape index (κ3) is 4.07. The number of halogens is 1. The summed E-state index contributed by atoms with van der Waals surface area (Å²) >= 11 is 3.61. The van der Waals surface area contributed by atoms with Crippen LogP contribution in [0.2, 0.25) is 0 Å². The largest absolute Gasteiger partial charge is 0.383 e. The van der Waals surface area contributed by atoms with Crippen molar-refractivity contribution in [2.45, 2.75) is 13.0 Å². The van der Waals surface area contributed by atoms with E-state index in [0.717, 1.165) is 17.6 Å².